The quantitative estimate of drug-likeness (QED) is 0.172. The normalized spacial score (nSPS) is 11.6. The molecule has 0 saturated carbocycles. The third-order valence-electron chi connectivity index (χ3n) is 10.9. The van der Waals surface area contributed by atoms with Gasteiger partial charge in [-0.1, -0.05) is 158 Å². The summed E-state index contributed by atoms with van der Waals surface area (Å²) in [5.41, 5.74) is 14.0. The molecule has 262 valence electrons. The van der Waals surface area contributed by atoms with E-state index in [0.717, 1.165) is 72.4 Å². The summed E-state index contributed by atoms with van der Waals surface area (Å²) in [5, 5.41) is 4.75. The predicted octanol–water partition coefficient (Wildman–Crippen LogP) is 13.3. The van der Waals surface area contributed by atoms with Gasteiger partial charge in [-0.3, -0.25) is 0 Å². The number of fused-ring (bicyclic) bond motifs is 6. The van der Waals surface area contributed by atoms with Crippen LogP contribution >= 0.6 is 0 Å². The van der Waals surface area contributed by atoms with E-state index in [1.807, 2.05) is 12.1 Å². The molecule has 3 heterocycles. The second-order valence-electron chi connectivity index (χ2n) is 14.2. The molecule has 0 radical (unpaired) electrons. The Hall–Kier alpha value is -7.56. The molecule has 0 aliphatic carbocycles. The largest absolute Gasteiger partial charge is 0.309 e. The summed E-state index contributed by atoms with van der Waals surface area (Å²) in [5.74, 6) is 0.696. The smallest absolute Gasteiger partial charge is 0.161 e. The first kappa shape index (κ1) is 31.9. The number of hydrogen-bond donors (Lipinski definition) is 0. The average Bonchev–Trinajstić information content (AvgIpc) is 3.80. The van der Waals surface area contributed by atoms with Crippen LogP contribution in [0.1, 0.15) is 0 Å². The molecule has 0 saturated heterocycles. The summed E-state index contributed by atoms with van der Waals surface area (Å²) in [6.45, 7) is 0. The van der Waals surface area contributed by atoms with Gasteiger partial charge in [-0.05, 0) is 54.1 Å². The number of nitrogens with zero attached hydrogens (tertiary/aromatic N) is 4. The summed E-state index contributed by atoms with van der Waals surface area (Å²) < 4.78 is 4.81. The molecule has 0 unspecified atom stereocenters. The van der Waals surface area contributed by atoms with Crippen LogP contribution in [0.2, 0.25) is 0 Å². The van der Waals surface area contributed by atoms with Gasteiger partial charge in [0.05, 0.1) is 33.5 Å². The van der Waals surface area contributed by atoms with Crippen molar-refractivity contribution in [2.75, 3.05) is 0 Å². The molecule has 3 aromatic heterocycles. The van der Waals surface area contributed by atoms with Crippen molar-refractivity contribution in [1.82, 2.24) is 19.1 Å². The lowest BCUT2D eigenvalue weighted by Gasteiger charge is -2.13. The van der Waals surface area contributed by atoms with E-state index >= 15 is 0 Å². The number of para-hydroxylation sites is 4. The van der Waals surface area contributed by atoms with Crippen molar-refractivity contribution in [3.05, 3.63) is 206 Å². The molecule has 0 spiro atoms. The van der Waals surface area contributed by atoms with E-state index < -0.39 is 0 Å². The zero-order valence-corrected chi connectivity index (χ0v) is 30.4. The van der Waals surface area contributed by atoms with Gasteiger partial charge in [-0.15, -0.1) is 0 Å². The molecule has 0 atom stereocenters. The monoisotopic (exact) mass is 714 g/mol. The Morgan fingerprint density at radius 1 is 0.321 bits per heavy atom. The molecular formula is C52H34N4. The second kappa shape index (κ2) is 13.1. The lowest BCUT2D eigenvalue weighted by molar-refractivity contribution is 1.17. The predicted molar refractivity (Wildman–Crippen MR) is 232 cm³/mol. The van der Waals surface area contributed by atoms with Gasteiger partial charge in [-0.25, -0.2) is 9.97 Å². The first-order valence-electron chi connectivity index (χ1n) is 19.0. The third kappa shape index (κ3) is 5.15. The minimum absolute atomic E-state index is 0.696. The fourth-order valence-corrected chi connectivity index (χ4v) is 8.46. The zero-order valence-electron chi connectivity index (χ0n) is 30.4. The highest BCUT2D eigenvalue weighted by molar-refractivity contribution is 6.19. The van der Waals surface area contributed by atoms with Gasteiger partial charge >= 0.3 is 0 Å². The van der Waals surface area contributed by atoms with Gasteiger partial charge in [0.25, 0.3) is 0 Å². The highest BCUT2D eigenvalue weighted by Gasteiger charge is 2.22. The molecule has 0 aliphatic rings. The first-order chi connectivity index (χ1) is 27.8. The molecule has 0 N–H and O–H groups in total. The Bertz CT molecular complexity index is 3160. The van der Waals surface area contributed by atoms with Crippen LogP contribution in [0, 0.1) is 0 Å². The van der Waals surface area contributed by atoms with Gasteiger partial charge in [0.1, 0.15) is 0 Å². The zero-order chi connectivity index (χ0) is 37.0. The minimum Gasteiger partial charge on any atom is -0.309 e. The van der Waals surface area contributed by atoms with Gasteiger partial charge in [-0.2, -0.15) is 0 Å². The summed E-state index contributed by atoms with van der Waals surface area (Å²) in [7, 11) is 0. The summed E-state index contributed by atoms with van der Waals surface area (Å²) >= 11 is 0. The van der Waals surface area contributed by atoms with E-state index in [1.54, 1.807) is 0 Å². The topological polar surface area (TPSA) is 35.6 Å². The lowest BCUT2D eigenvalue weighted by Crippen LogP contribution is -1.97. The molecule has 0 aliphatic heterocycles. The summed E-state index contributed by atoms with van der Waals surface area (Å²) in [6, 6.07) is 73.1. The van der Waals surface area contributed by atoms with Crippen LogP contribution in [0.5, 0.6) is 0 Å². The van der Waals surface area contributed by atoms with Crippen molar-refractivity contribution < 1.29 is 0 Å². The van der Waals surface area contributed by atoms with Gasteiger partial charge < -0.3 is 9.13 Å². The molecule has 11 rings (SSSR count). The maximum absolute atomic E-state index is 5.29. The van der Waals surface area contributed by atoms with Crippen LogP contribution < -0.4 is 0 Å². The van der Waals surface area contributed by atoms with Crippen molar-refractivity contribution >= 4 is 43.6 Å². The van der Waals surface area contributed by atoms with Crippen molar-refractivity contribution in [2.24, 2.45) is 0 Å². The fraction of sp³-hybridized carbons (Fsp3) is 0. The van der Waals surface area contributed by atoms with Crippen molar-refractivity contribution in [1.29, 1.82) is 0 Å². The maximum atomic E-state index is 5.29. The van der Waals surface area contributed by atoms with Crippen LogP contribution in [-0.2, 0) is 0 Å². The minimum atomic E-state index is 0.696. The summed E-state index contributed by atoms with van der Waals surface area (Å²) in [4.78, 5) is 10.6. The molecule has 0 amide bonds. The fourth-order valence-electron chi connectivity index (χ4n) is 8.46. The summed E-state index contributed by atoms with van der Waals surface area (Å²) in [6.07, 6.45) is 0. The number of hydrogen-bond acceptors (Lipinski definition) is 2. The van der Waals surface area contributed by atoms with Crippen molar-refractivity contribution in [2.45, 2.75) is 0 Å². The third-order valence-corrected chi connectivity index (χ3v) is 10.9. The first-order valence-corrected chi connectivity index (χ1v) is 19.0. The SMILES string of the molecule is c1ccc(-c2cc(-c3ccccc3)nc(-c3cccc4c3c3cccc(-c5ccc6c7ccccc7n(-c7ccccc7)c6c5)c3n4-c3ccccc3)n2)cc1. The average molecular weight is 715 g/mol. The van der Waals surface area contributed by atoms with Crippen LogP contribution in [0.15, 0.2) is 206 Å². The van der Waals surface area contributed by atoms with Crippen molar-refractivity contribution in [3.63, 3.8) is 0 Å². The number of rotatable bonds is 6. The van der Waals surface area contributed by atoms with E-state index in [9.17, 15) is 0 Å². The Balaban J connectivity index is 1.21. The standard InChI is InChI=1S/C52H34N4/c1-5-17-35(18-6-1)45-34-46(36-19-7-2-8-20-36)54-52(53-45)44-28-16-30-48-50(44)43-27-15-26-40(51(43)56(48)39-23-11-4-12-24-39)37-31-32-42-41-25-13-14-29-47(41)55(49(42)33-37)38-21-9-3-10-22-38/h1-34H. The molecule has 4 nitrogen and oxygen atoms in total. The second-order valence-corrected chi connectivity index (χ2v) is 14.2. The number of aromatic nitrogens is 4. The van der Waals surface area contributed by atoms with Crippen LogP contribution in [-0.4, -0.2) is 19.1 Å². The van der Waals surface area contributed by atoms with E-state index in [1.165, 1.54) is 21.8 Å². The Kier molecular flexibility index (Phi) is 7.46. The molecule has 0 bridgehead atoms. The van der Waals surface area contributed by atoms with Crippen molar-refractivity contribution in [3.8, 4) is 56.4 Å². The van der Waals surface area contributed by atoms with E-state index in [0.29, 0.717) is 5.82 Å². The maximum Gasteiger partial charge on any atom is 0.161 e. The molecule has 56 heavy (non-hydrogen) atoms. The highest BCUT2D eigenvalue weighted by Crippen LogP contribution is 2.43. The molecule has 0 fully saturated rings. The van der Waals surface area contributed by atoms with E-state index in [4.69, 9.17) is 9.97 Å². The van der Waals surface area contributed by atoms with Gasteiger partial charge in [0.15, 0.2) is 5.82 Å². The van der Waals surface area contributed by atoms with E-state index in [-0.39, 0.29) is 0 Å². The number of benzene rings is 8. The Morgan fingerprint density at radius 3 is 1.52 bits per heavy atom. The van der Waals surface area contributed by atoms with Gasteiger partial charge in [0.2, 0.25) is 0 Å². The van der Waals surface area contributed by atoms with Crippen LogP contribution in [0.4, 0.5) is 0 Å². The Labute approximate surface area is 324 Å². The molecule has 4 heteroatoms. The lowest BCUT2D eigenvalue weighted by atomic mass is 9.99. The van der Waals surface area contributed by atoms with Crippen LogP contribution in [0.25, 0.3) is 100 Å². The van der Waals surface area contributed by atoms with Gasteiger partial charge in [0, 0.05) is 55.2 Å². The van der Waals surface area contributed by atoms with E-state index in [2.05, 4.69) is 203 Å². The molecule has 11 aromatic rings. The molecule has 8 aromatic carbocycles. The highest BCUT2D eigenvalue weighted by atomic mass is 15.0. The van der Waals surface area contributed by atoms with Crippen LogP contribution in [0.3, 0.4) is 0 Å². The Morgan fingerprint density at radius 2 is 0.839 bits per heavy atom. The molecular weight excluding hydrogens is 681 g/mol.